The van der Waals surface area contributed by atoms with Crippen molar-refractivity contribution in [1.29, 1.82) is 0 Å². The largest absolute Gasteiger partial charge is 0.478 e. The first-order valence-corrected chi connectivity index (χ1v) is 4.82. The van der Waals surface area contributed by atoms with Crippen molar-refractivity contribution in [2.75, 3.05) is 0 Å². The molecular weight excluding hydrogens is 249 g/mol. The molecule has 0 saturated heterocycles. The molecule has 2 aromatic rings. The van der Waals surface area contributed by atoms with Crippen LogP contribution in [0.5, 0.6) is 0 Å². The van der Waals surface area contributed by atoms with Gasteiger partial charge in [0.2, 0.25) is 0 Å². The number of halogens is 3. The van der Waals surface area contributed by atoms with Crippen molar-refractivity contribution in [3.8, 4) is 5.69 Å². The Morgan fingerprint density at radius 3 is 2.56 bits per heavy atom. The first-order chi connectivity index (χ1) is 8.39. The lowest BCUT2D eigenvalue weighted by molar-refractivity contribution is -0.137. The Labute approximate surface area is 99.3 Å². The lowest BCUT2D eigenvalue weighted by Gasteiger charge is -2.13. The van der Waals surface area contributed by atoms with Crippen LogP contribution in [0.15, 0.2) is 36.9 Å². The van der Waals surface area contributed by atoms with Crippen molar-refractivity contribution in [3.05, 3.63) is 48.0 Å². The van der Waals surface area contributed by atoms with Crippen molar-refractivity contribution in [2.45, 2.75) is 6.18 Å². The standard InChI is InChI=1S/C11H7F3N2O2/c12-11(13,14)8-5-7(10(17)18)1-2-9(8)16-4-3-15-6-16/h1-6H,(H,17,18). The topological polar surface area (TPSA) is 55.1 Å². The number of aromatic nitrogens is 2. The number of carbonyl (C=O) groups is 1. The van der Waals surface area contributed by atoms with Crippen molar-refractivity contribution < 1.29 is 23.1 Å². The molecule has 0 bridgehead atoms. The van der Waals surface area contributed by atoms with Gasteiger partial charge in [0.1, 0.15) is 0 Å². The minimum atomic E-state index is -4.63. The number of rotatable bonds is 2. The second kappa shape index (κ2) is 4.17. The third-order valence-corrected chi connectivity index (χ3v) is 2.33. The van der Waals surface area contributed by atoms with Gasteiger partial charge in [0, 0.05) is 12.4 Å². The molecule has 1 heterocycles. The van der Waals surface area contributed by atoms with Gasteiger partial charge in [-0.05, 0) is 18.2 Å². The Bertz CT molecular complexity index is 576. The molecule has 0 aliphatic heterocycles. The van der Waals surface area contributed by atoms with Crippen LogP contribution in [0.4, 0.5) is 13.2 Å². The first kappa shape index (κ1) is 12.2. The van der Waals surface area contributed by atoms with Crippen LogP contribution in [0.1, 0.15) is 15.9 Å². The Balaban J connectivity index is 2.64. The van der Waals surface area contributed by atoms with Crippen LogP contribution < -0.4 is 0 Å². The number of imidazole rings is 1. The van der Waals surface area contributed by atoms with Gasteiger partial charge in [-0.2, -0.15) is 13.2 Å². The molecule has 0 fully saturated rings. The number of hydrogen-bond acceptors (Lipinski definition) is 2. The zero-order chi connectivity index (χ0) is 13.3. The Kier molecular flexibility index (Phi) is 2.82. The summed E-state index contributed by atoms with van der Waals surface area (Å²) in [6, 6.07) is 2.83. The predicted molar refractivity (Wildman–Crippen MR) is 55.5 cm³/mol. The number of aromatic carboxylic acids is 1. The van der Waals surface area contributed by atoms with Crippen LogP contribution in [0.3, 0.4) is 0 Å². The van der Waals surface area contributed by atoms with Gasteiger partial charge in [0.05, 0.1) is 23.1 Å². The van der Waals surface area contributed by atoms with Crippen molar-refractivity contribution in [1.82, 2.24) is 9.55 Å². The van der Waals surface area contributed by atoms with E-state index in [1.54, 1.807) is 0 Å². The number of carboxylic acid groups (broad SMARTS) is 1. The smallest absolute Gasteiger partial charge is 0.418 e. The van der Waals surface area contributed by atoms with E-state index in [0.29, 0.717) is 6.07 Å². The number of alkyl halides is 3. The number of benzene rings is 1. The fourth-order valence-electron chi connectivity index (χ4n) is 1.52. The van der Waals surface area contributed by atoms with Gasteiger partial charge in [-0.15, -0.1) is 0 Å². The molecule has 0 radical (unpaired) electrons. The van der Waals surface area contributed by atoms with Gasteiger partial charge < -0.3 is 9.67 Å². The highest BCUT2D eigenvalue weighted by atomic mass is 19.4. The molecule has 2 rings (SSSR count). The fourth-order valence-corrected chi connectivity index (χ4v) is 1.52. The molecule has 1 aromatic heterocycles. The summed E-state index contributed by atoms with van der Waals surface area (Å²) in [5, 5.41) is 8.71. The minimum absolute atomic E-state index is 0.162. The summed E-state index contributed by atoms with van der Waals surface area (Å²) in [5.74, 6) is -1.40. The van der Waals surface area contributed by atoms with Crippen LogP contribution in [-0.4, -0.2) is 20.6 Å². The van der Waals surface area contributed by atoms with Gasteiger partial charge in [0.25, 0.3) is 0 Å². The van der Waals surface area contributed by atoms with Crippen LogP contribution in [0, 0.1) is 0 Å². The van der Waals surface area contributed by atoms with E-state index in [-0.39, 0.29) is 5.69 Å². The predicted octanol–water partition coefficient (Wildman–Crippen LogP) is 2.59. The Morgan fingerprint density at radius 1 is 1.33 bits per heavy atom. The molecule has 0 aliphatic carbocycles. The summed E-state index contributed by atoms with van der Waals surface area (Å²) in [4.78, 5) is 14.3. The molecule has 0 saturated carbocycles. The summed E-state index contributed by atoms with van der Waals surface area (Å²) in [6.07, 6.45) is -0.730. The second-order valence-corrected chi connectivity index (χ2v) is 3.50. The van der Waals surface area contributed by atoms with Crippen LogP contribution in [0.2, 0.25) is 0 Å². The van der Waals surface area contributed by atoms with E-state index in [1.165, 1.54) is 23.3 Å². The lowest BCUT2D eigenvalue weighted by atomic mass is 10.1. The highest BCUT2D eigenvalue weighted by Gasteiger charge is 2.34. The maximum absolute atomic E-state index is 12.9. The minimum Gasteiger partial charge on any atom is -0.478 e. The molecule has 7 heteroatoms. The monoisotopic (exact) mass is 256 g/mol. The molecule has 0 spiro atoms. The van der Waals surface area contributed by atoms with E-state index >= 15 is 0 Å². The summed E-state index contributed by atoms with van der Waals surface area (Å²) >= 11 is 0. The van der Waals surface area contributed by atoms with Crippen molar-refractivity contribution >= 4 is 5.97 Å². The molecule has 0 amide bonds. The Hall–Kier alpha value is -2.31. The molecule has 18 heavy (non-hydrogen) atoms. The third kappa shape index (κ3) is 2.20. The van der Waals surface area contributed by atoms with Crippen molar-refractivity contribution in [2.24, 2.45) is 0 Å². The molecule has 4 nitrogen and oxygen atoms in total. The van der Waals surface area contributed by atoms with E-state index in [9.17, 15) is 18.0 Å². The average molecular weight is 256 g/mol. The van der Waals surface area contributed by atoms with Gasteiger partial charge in [-0.1, -0.05) is 0 Å². The van der Waals surface area contributed by atoms with Gasteiger partial charge in [-0.3, -0.25) is 0 Å². The van der Waals surface area contributed by atoms with Crippen LogP contribution in [0.25, 0.3) is 5.69 Å². The van der Waals surface area contributed by atoms with Crippen molar-refractivity contribution in [3.63, 3.8) is 0 Å². The van der Waals surface area contributed by atoms with E-state index in [4.69, 9.17) is 5.11 Å². The highest BCUT2D eigenvalue weighted by molar-refractivity contribution is 5.88. The lowest BCUT2D eigenvalue weighted by Crippen LogP contribution is -2.12. The van der Waals surface area contributed by atoms with Gasteiger partial charge in [0.15, 0.2) is 0 Å². The summed E-state index contributed by atoms with van der Waals surface area (Å²) in [5.41, 5.74) is -1.59. The first-order valence-electron chi connectivity index (χ1n) is 4.82. The summed E-state index contributed by atoms with van der Waals surface area (Å²) < 4.78 is 39.7. The zero-order valence-corrected chi connectivity index (χ0v) is 8.85. The molecule has 0 unspecified atom stereocenters. The van der Waals surface area contributed by atoms with Crippen LogP contribution >= 0.6 is 0 Å². The SMILES string of the molecule is O=C(O)c1ccc(-n2ccnc2)c(C(F)(F)F)c1. The highest BCUT2D eigenvalue weighted by Crippen LogP contribution is 2.34. The Morgan fingerprint density at radius 2 is 2.06 bits per heavy atom. The second-order valence-electron chi connectivity index (χ2n) is 3.50. The summed E-state index contributed by atoms with van der Waals surface area (Å²) in [6.45, 7) is 0. The van der Waals surface area contributed by atoms with E-state index < -0.39 is 23.3 Å². The number of nitrogens with zero attached hydrogens (tertiary/aromatic N) is 2. The van der Waals surface area contributed by atoms with E-state index in [0.717, 1.165) is 12.1 Å². The molecule has 0 atom stereocenters. The summed E-state index contributed by atoms with van der Waals surface area (Å²) in [7, 11) is 0. The number of hydrogen-bond donors (Lipinski definition) is 1. The van der Waals surface area contributed by atoms with E-state index in [1.807, 2.05) is 0 Å². The normalized spacial score (nSPS) is 11.5. The number of carboxylic acids is 1. The molecule has 94 valence electrons. The molecule has 1 N–H and O–H groups in total. The molecular formula is C11H7F3N2O2. The average Bonchev–Trinajstić information content (AvgIpc) is 2.80. The fraction of sp³-hybridized carbons (Fsp3) is 0.0909. The molecule has 1 aromatic carbocycles. The van der Waals surface area contributed by atoms with Gasteiger partial charge in [-0.25, -0.2) is 9.78 Å². The molecule has 0 aliphatic rings. The van der Waals surface area contributed by atoms with Crippen LogP contribution in [-0.2, 0) is 6.18 Å². The maximum Gasteiger partial charge on any atom is 0.418 e. The maximum atomic E-state index is 12.9. The van der Waals surface area contributed by atoms with E-state index in [2.05, 4.69) is 4.98 Å². The quantitative estimate of drug-likeness (QED) is 0.898. The zero-order valence-electron chi connectivity index (χ0n) is 8.85. The third-order valence-electron chi connectivity index (χ3n) is 2.33. The van der Waals surface area contributed by atoms with Gasteiger partial charge >= 0.3 is 12.1 Å².